The molecular formula is C13H28N2O. The van der Waals surface area contributed by atoms with Crippen LogP contribution in [0.3, 0.4) is 0 Å². The molecule has 0 aromatic heterocycles. The predicted octanol–water partition coefficient (Wildman–Crippen LogP) is 1.88. The fraction of sp³-hybridized carbons (Fsp3) is 1.00. The average molecular weight is 228 g/mol. The zero-order valence-corrected chi connectivity index (χ0v) is 11.2. The number of nitrogens with zero attached hydrogens (tertiary/aromatic N) is 1. The fourth-order valence-corrected chi connectivity index (χ4v) is 2.14. The molecule has 0 heterocycles. The number of ether oxygens (including phenoxy) is 1. The molecule has 3 heteroatoms. The SMILES string of the molecule is CCCNCCC(C)N(CCOC)C1CC1. The van der Waals surface area contributed by atoms with Crippen LogP contribution in [-0.4, -0.2) is 50.3 Å². The number of methoxy groups -OCH3 is 1. The maximum absolute atomic E-state index is 5.19. The molecule has 3 nitrogen and oxygen atoms in total. The van der Waals surface area contributed by atoms with Crippen molar-refractivity contribution >= 4 is 0 Å². The van der Waals surface area contributed by atoms with Crippen LogP contribution in [0.1, 0.15) is 39.5 Å². The maximum atomic E-state index is 5.19. The molecule has 1 atom stereocenters. The smallest absolute Gasteiger partial charge is 0.0589 e. The minimum Gasteiger partial charge on any atom is -0.383 e. The van der Waals surface area contributed by atoms with Gasteiger partial charge in [0.15, 0.2) is 0 Å². The molecule has 0 spiro atoms. The molecule has 1 saturated carbocycles. The van der Waals surface area contributed by atoms with Crippen molar-refractivity contribution < 1.29 is 4.74 Å². The second kappa shape index (κ2) is 8.04. The number of rotatable bonds is 10. The first-order chi connectivity index (χ1) is 7.79. The molecule has 1 aliphatic rings. The summed E-state index contributed by atoms with van der Waals surface area (Å²) >= 11 is 0. The van der Waals surface area contributed by atoms with Crippen LogP contribution in [0.2, 0.25) is 0 Å². The Kier molecular flexibility index (Phi) is 7.01. The van der Waals surface area contributed by atoms with Gasteiger partial charge in [0.25, 0.3) is 0 Å². The van der Waals surface area contributed by atoms with Crippen molar-refractivity contribution in [1.29, 1.82) is 0 Å². The third kappa shape index (κ3) is 5.28. The highest BCUT2D eigenvalue weighted by Gasteiger charge is 2.31. The van der Waals surface area contributed by atoms with E-state index in [1.54, 1.807) is 7.11 Å². The summed E-state index contributed by atoms with van der Waals surface area (Å²) in [5.41, 5.74) is 0. The summed E-state index contributed by atoms with van der Waals surface area (Å²) < 4.78 is 5.19. The van der Waals surface area contributed by atoms with Crippen LogP contribution in [0.15, 0.2) is 0 Å². The summed E-state index contributed by atoms with van der Waals surface area (Å²) in [6.07, 6.45) is 5.25. The van der Waals surface area contributed by atoms with E-state index in [0.29, 0.717) is 6.04 Å². The lowest BCUT2D eigenvalue weighted by molar-refractivity contribution is 0.115. The summed E-state index contributed by atoms with van der Waals surface area (Å²) in [5.74, 6) is 0. The van der Waals surface area contributed by atoms with Crippen LogP contribution in [0.4, 0.5) is 0 Å². The van der Waals surface area contributed by atoms with Crippen molar-refractivity contribution in [1.82, 2.24) is 10.2 Å². The van der Waals surface area contributed by atoms with E-state index in [-0.39, 0.29) is 0 Å². The van der Waals surface area contributed by atoms with Gasteiger partial charge >= 0.3 is 0 Å². The average Bonchev–Trinajstić information content (AvgIpc) is 3.09. The van der Waals surface area contributed by atoms with Crippen molar-refractivity contribution in [3.05, 3.63) is 0 Å². The number of hydrogen-bond donors (Lipinski definition) is 1. The Morgan fingerprint density at radius 1 is 1.38 bits per heavy atom. The molecule has 0 radical (unpaired) electrons. The minimum atomic E-state index is 0.687. The molecule has 1 aliphatic carbocycles. The molecule has 0 aliphatic heterocycles. The predicted molar refractivity (Wildman–Crippen MR) is 68.8 cm³/mol. The van der Waals surface area contributed by atoms with E-state index in [9.17, 15) is 0 Å². The highest BCUT2D eigenvalue weighted by atomic mass is 16.5. The Morgan fingerprint density at radius 2 is 2.12 bits per heavy atom. The Morgan fingerprint density at radius 3 is 2.69 bits per heavy atom. The first-order valence-electron chi connectivity index (χ1n) is 6.75. The molecule has 1 rings (SSSR count). The van der Waals surface area contributed by atoms with Crippen molar-refractivity contribution in [2.24, 2.45) is 0 Å². The minimum absolute atomic E-state index is 0.687. The van der Waals surface area contributed by atoms with Gasteiger partial charge in [-0.05, 0) is 45.7 Å². The zero-order valence-electron chi connectivity index (χ0n) is 11.2. The topological polar surface area (TPSA) is 24.5 Å². The molecule has 1 fully saturated rings. The van der Waals surface area contributed by atoms with Crippen LogP contribution in [0.5, 0.6) is 0 Å². The maximum Gasteiger partial charge on any atom is 0.0589 e. The fourth-order valence-electron chi connectivity index (χ4n) is 2.14. The van der Waals surface area contributed by atoms with E-state index >= 15 is 0 Å². The first-order valence-corrected chi connectivity index (χ1v) is 6.75. The molecule has 1 N–H and O–H groups in total. The van der Waals surface area contributed by atoms with Gasteiger partial charge in [0.05, 0.1) is 6.61 Å². The molecule has 0 aromatic rings. The third-order valence-corrected chi connectivity index (χ3v) is 3.30. The van der Waals surface area contributed by atoms with Crippen molar-refractivity contribution in [2.45, 2.75) is 51.6 Å². The second-order valence-electron chi connectivity index (χ2n) is 4.85. The quantitative estimate of drug-likeness (QED) is 0.578. The van der Waals surface area contributed by atoms with Gasteiger partial charge in [0.1, 0.15) is 0 Å². The number of nitrogens with one attached hydrogen (secondary N) is 1. The molecule has 16 heavy (non-hydrogen) atoms. The van der Waals surface area contributed by atoms with Gasteiger partial charge in [0.2, 0.25) is 0 Å². The Hall–Kier alpha value is -0.120. The monoisotopic (exact) mass is 228 g/mol. The summed E-state index contributed by atoms with van der Waals surface area (Å²) in [5, 5.41) is 3.48. The van der Waals surface area contributed by atoms with E-state index in [2.05, 4.69) is 24.1 Å². The highest BCUT2D eigenvalue weighted by Crippen LogP contribution is 2.28. The van der Waals surface area contributed by atoms with Crippen LogP contribution in [0.25, 0.3) is 0 Å². The van der Waals surface area contributed by atoms with Crippen LogP contribution >= 0.6 is 0 Å². The standard InChI is InChI=1S/C13H28N2O/c1-4-8-14-9-7-12(2)15(10-11-16-3)13-5-6-13/h12-14H,4-11H2,1-3H3. The van der Waals surface area contributed by atoms with Crippen molar-refractivity contribution in [3.8, 4) is 0 Å². The summed E-state index contributed by atoms with van der Waals surface area (Å²) in [4.78, 5) is 2.62. The molecule has 0 saturated heterocycles. The van der Waals surface area contributed by atoms with Gasteiger partial charge in [-0.25, -0.2) is 0 Å². The van der Waals surface area contributed by atoms with E-state index in [1.807, 2.05) is 0 Å². The van der Waals surface area contributed by atoms with E-state index < -0.39 is 0 Å². The van der Waals surface area contributed by atoms with Crippen LogP contribution < -0.4 is 5.32 Å². The van der Waals surface area contributed by atoms with Gasteiger partial charge in [-0.2, -0.15) is 0 Å². The lowest BCUT2D eigenvalue weighted by Gasteiger charge is -2.29. The van der Waals surface area contributed by atoms with Crippen molar-refractivity contribution in [2.75, 3.05) is 33.4 Å². The largest absolute Gasteiger partial charge is 0.383 e. The molecule has 1 unspecified atom stereocenters. The van der Waals surface area contributed by atoms with Gasteiger partial charge in [0, 0.05) is 25.7 Å². The first kappa shape index (κ1) is 13.9. The van der Waals surface area contributed by atoms with Crippen LogP contribution in [0, 0.1) is 0 Å². The van der Waals surface area contributed by atoms with Crippen LogP contribution in [-0.2, 0) is 4.74 Å². The normalized spacial score (nSPS) is 18.0. The van der Waals surface area contributed by atoms with E-state index in [1.165, 1.54) is 25.7 Å². The molecule has 0 amide bonds. The lowest BCUT2D eigenvalue weighted by Crippen LogP contribution is -2.39. The van der Waals surface area contributed by atoms with E-state index in [0.717, 1.165) is 32.3 Å². The summed E-state index contributed by atoms with van der Waals surface area (Å²) in [6, 6.07) is 1.53. The Bertz CT molecular complexity index is 171. The highest BCUT2D eigenvalue weighted by molar-refractivity contribution is 4.87. The lowest BCUT2D eigenvalue weighted by atomic mass is 10.2. The molecular weight excluding hydrogens is 200 g/mol. The number of hydrogen-bond acceptors (Lipinski definition) is 3. The zero-order chi connectivity index (χ0) is 11.8. The summed E-state index contributed by atoms with van der Waals surface area (Å²) in [7, 11) is 1.79. The van der Waals surface area contributed by atoms with Gasteiger partial charge in [-0.3, -0.25) is 4.90 Å². The molecule has 0 bridgehead atoms. The van der Waals surface area contributed by atoms with Crippen molar-refractivity contribution in [3.63, 3.8) is 0 Å². The second-order valence-corrected chi connectivity index (χ2v) is 4.85. The summed E-state index contributed by atoms with van der Waals surface area (Å²) in [6.45, 7) is 8.81. The molecule has 0 aromatic carbocycles. The van der Waals surface area contributed by atoms with Gasteiger partial charge in [-0.15, -0.1) is 0 Å². The van der Waals surface area contributed by atoms with E-state index in [4.69, 9.17) is 4.74 Å². The van der Waals surface area contributed by atoms with Gasteiger partial charge < -0.3 is 10.1 Å². The van der Waals surface area contributed by atoms with Gasteiger partial charge in [-0.1, -0.05) is 6.92 Å². The Balaban J connectivity index is 2.16. The Labute approximate surface area is 101 Å². The third-order valence-electron chi connectivity index (χ3n) is 3.30. The molecule has 96 valence electrons.